The van der Waals surface area contributed by atoms with Crippen molar-refractivity contribution in [1.29, 1.82) is 0 Å². The molecule has 48 valence electrons. The Morgan fingerprint density at radius 2 is 1.67 bits per heavy atom. The van der Waals surface area contributed by atoms with Gasteiger partial charge < -0.3 is 0 Å². The van der Waals surface area contributed by atoms with Gasteiger partial charge >= 0.3 is 0 Å². The first-order valence-electron chi connectivity index (χ1n) is 2.03. The van der Waals surface area contributed by atoms with Crippen LogP contribution < -0.4 is 0 Å². The van der Waals surface area contributed by atoms with E-state index in [4.69, 9.17) is 0 Å². The fourth-order valence-electron chi connectivity index (χ4n) is 0.329. The van der Waals surface area contributed by atoms with Crippen molar-refractivity contribution < 1.29 is 8.78 Å². The molecule has 2 nitrogen and oxygen atoms in total. The van der Waals surface area contributed by atoms with Crippen LogP contribution in [0.2, 0.25) is 0 Å². The quantitative estimate of drug-likeness (QED) is 0.507. The molecule has 1 rings (SSSR count). The molecule has 0 aliphatic heterocycles. The van der Waals surface area contributed by atoms with Gasteiger partial charge in [-0.05, 0) is 22.6 Å². The van der Waals surface area contributed by atoms with Crippen LogP contribution in [-0.4, -0.2) is 9.97 Å². The third kappa shape index (κ3) is 1.32. The summed E-state index contributed by atoms with van der Waals surface area (Å²) in [5, 5.41) is 0. The Labute approximate surface area is 63.5 Å². The van der Waals surface area contributed by atoms with E-state index in [1.165, 1.54) is 22.6 Å². The maximum absolute atomic E-state index is 12.2. The van der Waals surface area contributed by atoms with Crippen molar-refractivity contribution in [1.82, 2.24) is 9.97 Å². The van der Waals surface area contributed by atoms with Crippen LogP contribution >= 0.6 is 22.6 Å². The van der Waals surface area contributed by atoms with Crippen molar-refractivity contribution in [2.24, 2.45) is 0 Å². The van der Waals surface area contributed by atoms with Gasteiger partial charge in [-0.3, -0.25) is 0 Å². The molecule has 0 aromatic carbocycles. The fourth-order valence-corrected chi connectivity index (χ4v) is 0.607. The Balaban J connectivity index is 3.25. The van der Waals surface area contributed by atoms with E-state index in [9.17, 15) is 8.78 Å². The number of hydrogen-bond acceptors (Lipinski definition) is 2. The van der Waals surface area contributed by atoms with E-state index in [0.717, 1.165) is 6.33 Å². The molecule has 0 bridgehead atoms. The minimum atomic E-state index is -0.817. The highest BCUT2D eigenvalue weighted by Crippen LogP contribution is 2.08. The second-order valence-corrected chi connectivity index (χ2v) is 2.35. The lowest BCUT2D eigenvalue weighted by molar-refractivity contribution is 0.511. The van der Waals surface area contributed by atoms with Crippen LogP contribution in [0.5, 0.6) is 0 Å². The van der Waals surface area contributed by atoms with Crippen molar-refractivity contribution >= 4 is 22.6 Å². The van der Waals surface area contributed by atoms with Crippen molar-refractivity contribution in [2.75, 3.05) is 0 Å². The van der Waals surface area contributed by atoms with Crippen LogP contribution in [-0.2, 0) is 0 Å². The van der Waals surface area contributed by atoms with Crippen LogP contribution in [0.25, 0.3) is 0 Å². The lowest BCUT2D eigenvalue weighted by Crippen LogP contribution is -1.94. The molecule has 0 saturated carbocycles. The monoisotopic (exact) mass is 242 g/mol. The zero-order valence-corrected chi connectivity index (χ0v) is 6.26. The van der Waals surface area contributed by atoms with Gasteiger partial charge in [-0.1, -0.05) is 0 Å². The Morgan fingerprint density at radius 1 is 1.22 bits per heavy atom. The van der Waals surface area contributed by atoms with Gasteiger partial charge in [0, 0.05) is 0 Å². The second kappa shape index (κ2) is 2.51. The molecular weight excluding hydrogens is 241 g/mol. The van der Waals surface area contributed by atoms with Crippen molar-refractivity contribution in [3.63, 3.8) is 0 Å². The molecule has 1 aromatic rings. The van der Waals surface area contributed by atoms with Crippen LogP contribution in [0.3, 0.4) is 0 Å². The summed E-state index contributed by atoms with van der Waals surface area (Å²) in [6.45, 7) is 0. The van der Waals surface area contributed by atoms with Gasteiger partial charge in [0.15, 0.2) is 0 Å². The zero-order chi connectivity index (χ0) is 6.85. The van der Waals surface area contributed by atoms with Gasteiger partial charge in [-0.15, -0.1) is 0 Å². The molecule has 0 aliphatic carbocycles. The van der Waals surface area contributed by atoms with Gasteiger partial charge in [-0.25, -0.2) is 9.97 Å². The van der Waals surface area contributed by atoms with Crippen LogP contribution in [0.1, 0.15) is 0 Å². The molecular formula is C4HF2IN2. The minimum absolute atomic E-state index is 0.171. The molecule has 9 heavy (non-hydrogen) atoms. The first-order chi connectivity index (χ1) is 4.22. The number of aromatic nitrogens is 2. The van der Waals surface area contributed by atoms with Crippen LogP contribution in [0, 0.1) is 15.5 Å². The number of nitrogens with zero attached hydrogens (tertiary/aromatic N) is 2. The van der Waals surface area contributed by atoms with Gasteiger partial charge in [0.25, 0.3) is 0 Å². The van der Waals surface area contributed by atoms with E-state index >= 15 is 0 Å². The second-order valence-electron chi connectivity index (χ2n) is 1.27. The summed E-state index contributed by atoms with van der Waals surface area (Å²) < 4.78 is 24.2. The van der Waals surface area contributed by atoms with Crippen LogP contribution in [0.4, 0.5) is 8.78 Å². The molecule has 0 fully saturated rings. The summed E-state index contributed by atoms with van der Waals surface area (Å²) >= 11 is 1.49. The molecule has 0 unspecified atom stereocenters. The van der Waals surface area contributed by atoms with E-state index in [1.807, 2.05) is 0 Å². The minimum Gasteiger partial charge on any atom is -0.207 e. The average molecular weight is 242 g/mol. The maximum atomic E-state index is 12.2. The maximum Gasteiger partial charge on any atom is 0.232 e. The molecule has 0 aliphatic rings. The van der Waals surface area contributed by atoms with Crippen molar-refractivity contribution in [3.05, 3.63) is 21.8 Å². The summed E-state index contributed by atoms with van der Waals surface area (Å²) in [6.07, 6.45) is 0.840. The lowest BCUT2D eigenvalue weighted by Gasteiger charge is -1.90. The SMILES string of the molecule is Fc1ncnc(F)c1I. The molecule has 0 amide bonds. The highest BCUT2D eigenvalue weighted by molar-refractivity contribution is 14.1. The molecule has 0 saturated heterocycles. The van der Waals surface area contributed by atoms with Gasteiger partial charge in [0.2, 0.25) is 11.9 Å². The highest BCUT2D eigenvalue weighted by atomic mass is 127. The normalized spacial score (nSPS) is 9.67. The standard InChI is InChI=1S/C4HF2IN2/c5-3-2(7)4(6)9-1-8-3/h1H. The molecule has 0 spiro atoms. The summed E-state index contributed by atoms with van der Waals surface area (Å²) in [5.41, 5.74) is 0. The van der Waals surface area contributed by atoms with Crippen molar-refractivity contribution in [2.45, 2.75) is 0 Å². The topological polar surface area (TPSA) is 25.8 Å². The highest BCUT2D eigenvalue weighted by Gasteiger charge is 2.04. The van der Waals surface area contributed by atoms with E-state index in [-0.39, 0.29) is 3.57 Å². The molecule has 5 heteroatoms. The van der Waals surface area contributed by atoms with Gasteiger partial charge in [0.05, 0.1) is 0 Å². The van der Waals surface area contributed by atoms with E-state index < -0.39 is 11.9 Å². The van der Waals surface area contributed by atoms with Gasteiger partial charge in [0.1, 0.15) is 9.90 Å². The fraction of sp³-hybridized carbons (Fsp3) is 0. The zero-order valence-electron chi connectivity index (χ0n) is 4.11. The van der Waals surface area contributed by atoms with Crippen molar-refractivity contribution in [3.8, 4) is 0 Å². The summed E-state index contributed by atoms with van der Waals surface area (Å²) in [7, 11) is 0. The predicted molar refractivity (Wildman–Crippen MR) is 34.7 cm³/mol. The van der Waals surface area contributed by atoms with E-state index in [1.54, 1.807) is 0 Å². The summed E-state index contributed by atoms with van der Waals surface area (Å²) in [6, 6.07) is 0. The Hall–Kier alpha value is -0.330. The molecule has 0 N–H and O–H groups in total. The summed E-state index contributed by atoms with van der Waals surface area (Å²) in [4.78, 5) is 6.23. The lowest BCUT2D eigenvalue weighted by atomic mass is 10.6. The first kappa shape index (κ1) is 6.79. The van der Waals surface area contributed by atoms with Crippen LogP contribution in [0.15, 0.2) is 6.33 Å². The smallest absolute Gasteiger partial charge is 0.207 e. The third-order valence-electron chi connectivity index (χ3n) is 0.704. The largest absolute Gasteiger partial charge is 0.232 e. The van der Waals surface area contributed by atoms with E-state index in [0.29, 0.717) is 0 Å². The molecule has 1 heterocycles. The number of halogens is 3. The number of hydrogen-bond donors (Lipinski definition) is 0. The third-order valence-corrected chi connectivity index (χ3v) is 1.59. The Kier molecular flexibility index (Phi) is 1.89. The van der Waals surface area contributed by atoms with E-state index in [2.05, 4.69) is 9.97 Å². The molecule has 1 aromatic heterocycles. The summed E-state index contributed by atoms with van der Waals surface area (Å²) in [5.74, 6) is -1.63. The van der Waals surface area contributed by atoms with Gasteiger partial charge in [-0.2, -0.15) is 8.78 Å². The molecule has 0 radical (unpaired) electrons. The number of rotatable bonds is 0. The first-order valence-corrected chi connectivity index (χ1v) is 3.11. The molecule has 0 atom stereocenters. The predicted octanol–water partition coefficient (Wildman–Crippen LogP) is 1.36. The average Bonchev–Trinajstić information content (AvgIpc) is 1.83. The Bertz CT molecular complexity index is 208. The Morgan fingerprint density at radius 3 is 2.00 bits per heavy atom.